The average Bonchev–Trinajstić information content (AvgIpc) is 2.46. The van der Waals surface area contributed by atoms with E-state index in [-0.39, 0.29) is 17.8 Å². The molecule has 116 valence electrons. The SMILES string of the molecule is CC(O)CN1CCN(C(=O)CCc2ccccc2F)CC1. The highest BCUT2D eigenvalue weighted by Crippen LogP contribution is 2.11. The van der Waals surface area contributed by atoms with Crippen LogP contribution in [0.15, 0.2) is 24.3 Å². The Bertz CT molecular complexity index is 471. The molecule has 0 aromatic heterocycles. The molecule has 1 N–H and O–H groups in total. The van der Waals surface area contributed by atoms with Crippen molar-refractivity contribution in [2.75, 3.05) is 32.7 Å². The number of aliphatic hydroxyl groups excluding tert-OH is 1. The molecule has 0 aliphatic carbocycles. The summed E-state index contributed by atoms with van der Waals surface area (Å²) in [6.07, 6.45) is 0.449. The van der Waals surface area contributed by atoms with Gasteiger partial charge in [0.25, 0.3) is 0 Å². The Balaban J connectivity index is 1.76. The van der Waals surface area contributed by atoms with Crippen LogP contribution in [-0.4, -0.2) is 59.6 Å². The van der Waals surface area contributed by atoms with Crippen LogP contribution in [0.25, 0.3) is 0 Å². The maximum absolute atomic E-state index is 13.5. The van der Waals surface area contributed by atoms with E-state index in [1.54, 1.807) is 25.1 Å². The molecule has 1 aliphatic heterocycles. The number of rotatable bonds is 5. The van der Waals surface area contributed by atoms with Crippen LogP contribution in [0.1, 0.15) is 18.9 Å². The number of halogens is 1. The molecule has 1 aliphatic rings. The Morgan fingerprint density at radius 2 is 1.95 bits per heavy atom. The molecule has 1 heterocycles. The lowest BCUT2D eigenvalue weighted by Gasteiger charge is -2.35. The minimum atomic E-state index is -0.340. The predicted octanol–water partition coefficient (Wildman–Crippen LogP) is 1.28. The normalized spacial score (nSPS) is 17.8. The summed E-state index contributed by atoms with van der Waals surface area (Å²) in [5, 5.41) is 9.36. The monoisotopic (exact) mass is 294 g/mol. The molecule has 4 nitrogen and oxygen atoms in total. The second kappa shape index (κ2) is 7.52. The standard InChI is InChI=1S/C16H23FN2O2/c1-13(20)12-18-8-10-19(11-9-18)16(21)7-6-14-4-2-3-5-15(14)17/h2-5,13,20H,6-12H2,1H3. The minimum Gasteiger partial charge on any atom is -0.392 e. The van der Waals surface area contributed by atoms with E-state index in [1.165, 1.54) is 6.07 Å². The van der Waals surface area contributed by atoms with Crippen LogP contribution in [0.4, 0.5) is 4.39 Å². The first-order valence-electron chi connectivity index (χ1n) is 7.48. The van der Waals surface area contributed by atoms with Crippen LogP contribution in [0, 0.1) is 5.82 Å². The fourth-order valence-corrected chi connectivity index (χ4v) is 2.65. The number of benzene rings is 1. The number of nitrogens with zero attached hydrogens (tertiary/aromatic N) is 2. The van der Waals surface area contributed by atoms with Crippen LogP contribution in [0.3, 0.4) is 0 Å². The molecule has 1 saturated heterocycles. The molecule has 2 rings (SSSR count). The van der Waals surface area contributed by atoms with Crippen LogP contribution >= 0.6 is 0 Å². The topological polar surface area (TPSA) is 43.8 Å². The fourth-order valence-electron chi connectivity index (χ4n) is 2.65. The quantitative estimate of drug-likeness (QED) is 0.890. The lowest BCUT2D eigenvalue weighted by atomic mass is 10.1. The molecule has 0 spiro atoms. The van der Waals surface area contributed by atoms with Gasteiger partial charge in [-0.05, 0) is 25.0 Å². The number of aliphatic hydroxyl groups is 1. The van der Waals surface area contributed by atoms with Gasteiger partial charge < -0.3 is 10.0 Å². The molecule has 5 heteroatoms. The second-order valence-corrected chi connectivity index (χ2v) is 5.62. The number of piperazine rings is 1. The first kappa shape index (κ1) is 15.9. The lowest BCUT2D eigenvalue weighted by Crippen LogP contribution is -2.50. The summed E-state index contributed by atoms with van der Waals surface area (Å²) in [6, 6.07) is 6.59. The van der Waals surface area contributed by atoms with Crippen molar-refractivity contribution in [3.8, 4) is 0 Å². The van der Waals surface area contributed by atoms with Crippen molar-refractivity contribution in [1.29, 1.82) is 0 Å². The van der Waals surface area contributed by atoms with Crippen molar-refractivity contribution >= 4 is 5.91 Å². The third kappa shape index (κ3) is 4.79. The molecule has 1 aromatic rings. The van der Waals surface area contributed by atoms with Crippen molar-refractivity contribution in [2.24, 2.45) is 0 Å². The number of hydrogen-bond acceptors (Lipinski definition) is 3. The van der Waals surface area contributed by atoms with Gasteiger partial charge in [0.05, 0.1) is 6.10 Å². The predicted molar refractivity (Wildman–Crippen MR) is 79.4 cm³/mol. The summed E-state index contributed by atoms with van der Waals surface area (Å²) in [4.78, 5) is 16.1. The first-order valence-corrected chi connectivity index (χ1v) is 7.48. The number of carbonyl (C=O) groups is 1. The van der Waals surface area contributed by atoms with Crippen molar-refractivity contribution in [3.05, 3.63) is 35.6 Å². The Morgan fingerprint density at radius 1 is 1.29 bits per heavy atom. The molecule has 0 bridgehead atoms. The highest BCUT2D eigenvalue weighted by atomic mass is 19.1. The summed E-state index contributed by atoms with van der Waals surface area (Å²) in [7, 11) is 0. The van der Waals surface area contributed by atoms with Gasteiger partial charge in [0.1, 0.15) is 5.82 Å². The number of amides is 1. The maximum atomic E-state index is 13.5. The Labute approximate surface area is 125 Å². The molecule has 0 saturated carbocycles. The molecule has 1 fully saturated rings. The van der Waals surface area contributed by atoms with Gasteiger partial charge in [0.2, 0.25) is 5.91 Å². The first-order chi connectivity index (χ1) is 10.1. The molecule has 1 aromatic carbocycles. The summed E-state index contributed by atoms with van der Waals surface area (Å²) in [5.74, 6) is -0.165. The van der Waals surface area contributed by atoms with E-state index in [0.717, 1.165) is 13.1 Å². The minimum absolute atomic E-state index is 0.0787. The highest BCUT2D eigenvalue weighted by molar-refractivity contribution is 5.76. The average molecular weight is 294 g/mol. The van der Waals surface area contributed by atoms with Gasteiger partial charge in [-0.25, -0.2) is 4.39 Å². The van der Waals surface area contributed by atoms with Gasteiger partial charge in [-0.15, -0.1) is 0 Å². The Kier molecular flexibility index (Phi) is 5.70. The molecule has 1 unspecified atom stereocenters. The lowest BCUT2D eigenvalue weighted by molar-refractivity contribution is -0.133. The second-order valence-electron chi connectivity index (χ2n) is 5.62. The molecule has 0 radical (unpaired) electrons. The summed E-state index contributed by atoms with van der Waals surface area (Å²) < 4.78 is 13.5. The zero-order valence-electron chi connectivity index (χ0n) is 12.5. The van der Waals surface area contributed by atoms with E-state index in [1.807, 2.05) is 4.90 Å². The van der Waals surface area contributed by atoms with Crippen molar-refractivity contribution in [3.63, 3.8) is 0 Å². The smallest absolute Gasteiger partial charge is 0.222 e. The van der Waals surface area contributed by atoms with Gasteiger partial charge in [-0.1, -0.05) is 18.2 Å². The molecule has 21 heavy (non-hydrogen) atoms. The Morgan fingerprint density at radius 3 is 2.57 bits per heavy atom. The molecular weight excluding hydrogens is 271 g/mol. The van der Waals surface area contributed by atoms with E-state index in [4.69, 9.17) is 0 Å². The zero-order valence-corrected chi connectivity index (χ0v) is 12.5. The maximum Gasteiger partial charge on any atom is 0.222 e. The van der Waals surface area contributed by atoms with Crippen molar-refractivity contribution in [1.82, 2.24) is 9.80 Å². The van der Waals surface area contributed by atoms with Crippen molar-refractivity contribution < 1.29 is 14.3 Å². The molecule has 1 atom stereocenters. The van der Waals surface area contributed by atoms with Crippen LogP contribution in [-0.2, 0) is 11.2 Å². The number of hydrogen-bond donors (Lipinski definition) is 1. The number of carbonyl (C=O) groups excluding carboxylic acids is 1. The Hall–Kier alpha value is -1.46. The fraction of sp³-hybridized carbons (Fsp3) is 0.562. The van der Waals surface area contributed by atoms with Gasteiger partial charge >= 0.3 is 0 Å². The third-order valence-corrected chi connectivity index (χ3v) is 3.81. The van der Waals surface area contributed by atoms with Crippen LogP contribution in [0.2, 0.25) is 0 Å². The molecular formula is C16H23FN2O2. The summed E-state index contributed by atoms with van der Waals surface area (Å²) in [6.45, 7) is 5.36. The zero-order chi connectivity index (χ0) is 15.2. The van der Waals surface area contributed by atoms with Crippen LogP contribution < -0.4 is 0 Å². The molecule has 1 amide bonds. The van der Waals surface area contributed by atoms with Crippen molar-refractivity contribution in [2.45, 2.75) is 25.9 Å². The van der Waals surface area contributed by atoms with E-state index >= 15 is 0 Å². The summed E-state index contributed by atoms with van der Waals surface area (Å²) >= 11 is 0. The van der Waals surface area contributed by atoms with E-state index < -0.39 is 0 Å². The van der Waals surface area contributed by atoms with E-state index in [2.05, 4.69) is 4.90 Å². The third-order valence-electron chi connectivity index (χ3n) is 3.81. The summed E-state index contributed by atoms with van der Waals surface area (Å²) in [5.41, 5.74) is 0.596. The van der Waals surface area contributed by atoms with Gasteiger partial charge in [-0.3, -0.25) is 9.69 Å². The highest BCUT2D eigenvalue weighted by Gasteiger charge is 2.21. The van der Waals surface area contributed by atoms with Gasteiger partial charge in [0, 0.05) is 39.1 Å². The van der Waals surface area contributed by atoms with E-state index in [9.17, 15) is 14.3 Å². The van der Waals surface area contributed by atoms with Crippen LogP contribution in [0.5, 0.6) is 0 Å². The van der Waals surface area contributed by atoms with Gasteiger partial charge in [0.15, 0.2) is 0 Å². The number of aryl methyl sites for hydroxylation is 1. The number of β-amino-alcohol motifs (C(OH)–C–C–N with tert-alkyl or cyclic N) is 1. The van der Waals surface area contributed by atoms with Gasteiger partial charge in [-0.2, -0.15) is 0 Å². The largest absolute Gasteiger partial charge is 0.392 e. The van der Waals surface area contributed by atoms with E-state index in [0.29, 0.717) is 38.0 Å².